The minimum absolute atomic E-state index is 0.207. The van der Waals surface area contributed by atoms with Crippen LogP contribution in [-0.4, -0.2) is 42.8 Å². The molecule has 1 aliphatic heterocycles. The smallest absolute Gasteiger partial charge is 0.410 e. The maximum absolute atomic E-state index is 12.0. The van der Waals surface area contributed by atoms with Crippen molar-refractivity contribution in [2.45, 2.75) is 33.3 Å². The van der Waals surface area contributed by atoms with E-state index in [4.69, 9.17) is 4.74 Å². The third-order valence-corrected chi connectivity index (χ3v) is 3.33. The fourth-order valence-corrected chi connectivity index (χ4v) is 2.23. The van der Waals surface area contributed by atoms with E-state index in [-0.39, 0.29) is 6.09 Å². The van der Waals surface area contributed by atoms with E-state index in [9.17, 15) is 4.79 Å². The molecule has 1 aromatic carbocycles. The summed E-state index contributed by atoms with van der Waals surface area (Å²) in [4.78, 5) is 16.1. The van der Waals surface area contributed by atoms with E-state index < -0.39 is 5.60 Å². The minimum atomic E-state index is -0.425. The third-order valence-electron chi connectivity index (χ3n) is 3.33. The van der Waals surface area contributed by atoms with E-state index in [1.165, 1.54) is 11.3 Å². The molecule has 1 aliphatic rings. The molecule has 1 amide bonds. The number of anilines is 1. The first-order valence-electron chi connectivity index (χ1n) is 7.15. The maximum atomic E-state index is 12.0. The second-order valence-electron chi connectivity index (χ2n) is 6.29. The summed E-state index contributed by atoms with van der Waals surface area (Å²) in [5.41, 5.74) is 2.06. The number of carbonyl (C=O) groups is 1. The lowest BCUT2D eigenvalue weighted by Gasteiger charge is -2.36. The Morgan fingerprint density at radius 1 is 1.05 bits per heavy atom. The molecule has 0 spiro atoms. The molecule has 4 heteroatoms. The molecule has 20 heavy (non-hydrogen) atoms. The lowest BCUT2D eigenvalue weighted by molar-refractivity contribution is 0.0240. The van der Waals surface area contributed by atoms with E-state index in [0.717, 1.165) is 13.1 Å². The average Bonchev–Trinajstić information content (AvgIpc) is 2.38. The topological polar surface area (TPSA) is 32.8 Å². The molecular weight excluding hydrogens is 252 g/mol. The lowest BCUT2D eigenvalue weighted by Crippen LogP contribution is -2.50. The van der Waals surface area contributed by atoms with Crippen molar-refractivity contribution in [2.75, 3.05) is 31.1 Å². The molecule has 1 fully saturated rings. The van der Waals surface area contributed by atoms with Gasteiger partial charge in [-0.3, -0.25) is 0 Å². The maximum Gasteiger partial charge on any atom is 0.410 e. The van der Waals surface area contributed by atoms with Crippen LogP contribution in [0, 0.1) is 6.92 Å². The highest BCUT2D eigenvalue weighted by molar-refractivity contribution is 5.68. The lowest BCUT2D eigenvalue weighted by atomic mass is 10.2. The molecule has 0 radical (unpaired) electrons. The van der Waals surface area contributed by atoms with Gasteiger partial charge in [0.2, 0.25) is 0 Å². The predicted octanol–water partition coefficient (Wildman–Crippen LogP) is 3.05. The number of hydrogen-bond donors (Lipinski definition) is 0. The number of carbonyl (C=O) groups excluding carboxylic acids is 1. The number of ether oxygens (including phenoxy) is 1. The second-order valence-corrected chi connectivity index (χ2v) is 6.29. The summed E-state index contributed by atoms with van der Waals surface area (Å²) in [6.45, 7) is 10.9. The van der Waals surface area contributed by atoms with Gasteiger partial charge in [-0.15, -0.1) is 0 Å². The van der Waals surface area contributed by atoms with Crippen LogP contribution in [0.3, 0.4) is 0 Å². The minimum Gasteiger partial charge on any atom is -0.444 e. The zero-order chi connectivity index (χ0) is 14.8. The Morgan fingerprint density at radius 2 is 1.60 bits per heavy atom. The van der Waals surface area contributed by atoms with Crippen LogP contribution in [0.25, 0.3) is 0 Å². The van der Waals surface area contributed by atoms with Gasteiger partial charge in [-0.05, 0) is 39.8 Å². The van der Waals surface area contributed by atoms with E-state index in [1.807, 2.05) is 20.8 Å². The highest BCUT2D eigenvalue weighted by Gasteiger charge is 2.25. The van der Waals surface area contributed by atoms with Crippen LogP contribution in [0.4, 0.5) is 10.5 Å². The SMILES string of the molecule is Cc1ccc(N2CCN(C(=O)OC(C)(C)C)CC2)cc1. The van der Waals surface area contributed by atoms with Gasteiger partial charge in [-0.25, -0.2) is 4.79 Å². The van der Waals surface area contributed by atoms with Crippen LogP contribution >= 0.6 is 0 Å². The van der Waals surface area contributed by atoms with Crippen molar-refractivity contribution in [3.05, 3.63) is 29.8 Å². The van der Waals surface area contributed by atoms with E-state index in [2.05, 4.69) is 36.1 Å². The number of rotatable bonds is 1. The standard InChI is InChI=1S/C16H24N2O2/c1-13-5-7-14(8-6-13)17-9-11-18(12-10-17)15(19)20-16(2,3)4/h5-8H,9-12H2,1-4H3. The van der Waals surface area contributed by atoms with Gasteiger partial charge in [0.1, 0.15) is 5.60 Å². The normalized spacial score (nSPS) is 16.2. The summed E-state index contributed by atoms with van der Waals surface area (Å²) in [6, 6.07) is 8.52. The molecule has 4 nitrogen and oxygen atoms in total. The first kappa shape index (κ1) is 14.7. The van der Waals surface area contributed by atoms with E-state index >= 15 is 0 Å². The fourth-order valence-electron chi connectivity index (χ4n) is 2.23. The summed E-state index contributed by atoms with van der Waals surface area (Å²) in [5, 5.41) is 0. The first-order valence-corrected chi connectivity index (χ1v) is 7.15. The summed E-state index contributed by atoms with van der Waals surface area (Å²) in [7, 11) is 0. The first-order chi connectivity index (χ1) is 9.35. The average molecular weight is 276 g/mol. The molecule has 0 aliphatic carbocycles. The second kappa shape index (κ2) is 5.73. The molecule has 1 heterocycles. The zero-order valence-electron chi connectivity index (χ0n) is 12.8. The summed E-state index contributed by atoms with van der Waals surface area (Å²) >= 11 is 0. The van der Waals surface area contributed by atoms with Crippen LogP contribution in [0.5, 0.6) is 0 Å². The van der Waals surface area contributed by atoms with E-state index in [0.29, 0.717) is 13.1 Å². The van der Waals surface area contributed by atoms with Crippen molar-refractivity contribution in [2.24, 2.45) is 0 Å². The Bertz CT molecular complexity index is 454. The summed E-state index contributed by atoms with van der Waals surface area (Å²) < 4.78 is 5.40. The molecule has 0 unspecified atom stereocenters. The quantitative estimate of drug-likeness (QED) is 0.790. The van der Waals surface area contributed by atoms with Gasteiger partial charge >= 0.3 is 6.09 Å². The van der Waals surface area contributed by atoms with Crippen molar-refractivity contribution < 1.29 is 9.53 Å². The Balaban J connectivity index is 1.89. The van der Waals surface area contributed by atoms with Crippen LogP contribution in [-0.2, 0) is 4.74 Å². The number of aryl methyl sites for hydroxylation is 1. The molecule has 0 N–H and O–H groups in total. The van der Waals surface area contributed by atoms with Crippen molar-refractivity contribution >= 4 is 11.8 Å². The number of hydrogen-bond acceptors (Lipinski definition) is 3. The molecule has 1 saturated heterocycles. The van der Waals surface area contributed by atoms with E-state index in [1.54, 1.807) is 4.90 Å². The van der Waals surface area contributed by atoms with Gasteiger partial charge in [-0.2, -0.15) is 0 Å². The van der Waals surface area contributed by atoms with Crippen molar-refractivity contribution in [1.82, 2.24) is 4.90 Å². The van der Waals surface area contributed by atoms with Crippen LogP contribution in [0.1, 0.15) is 26.3 Å². The summed E-state index contributed by atoms with van der Waals surface area (Å²) in [6.07, 6.45) is -0.207. The molecule has 0 aromatic heterocycles. The van der Waals surface area contributed by atoms with Gasteiger partial charge < -0.3 is 14.5 Å². The molecule has 0 bridgehead atoms. The Labute approximate surface area is 121 Å². The molecule has 110 valence electrons. The largest absolute Gasteiger partial charge is 0.444 e. The van der Waals surface area contributed by atoms with Gasteiger partial charge in [0.15, 0.2) is 0 Å². The van der Waals surface area contributed by atoms with Crippen LogP contribution < -0.4 is 4.90 Å². The Morgan fingerprint density at radius 3 is 2.10 bits per heavy atom. The zero-order valence-corrected chi connectivity index (χ0v) is 12.8. The van der Waals surface area contributed by atoms with Gasteiger partial charge in [0.05, 0.1) is 0 Å². The molecule has 0 atom stereocenters. The predicted molar refractivity (Wildman–Crippen MR) is 81.2 cm³/mol. The number of nitrogens with zero attached hydrogens (tertiary/aromatic N) is 2. The molecular formula is C16H24N2O2. The Hall–Kier alpha value is -1.71. The Kier molecular flexibility index (Phi) is 4.21. The highest BCUT2D eigenvalue weighted by Crippen LogP contribution is 2.18. The molecule has 2 rings (SSSR count). The number of amides is 1. The van der Waals surface area contributed by atoms with Gasteiger partial charge in [0.25, 0.3) is 0 Å². The fraction of sp³-hybridized carbons (Fsp3) is 0.562. The van der Waals surface area contributed by atoms with Gasteiger partial charge in [0, 0.05) is 31.9 Å². The third kappa shape index (κ3) is 3.89. The molecule has 1 aromatic rings. The van der Waals surface area contributed by atoms with Crippen molar-refractivity contribution in [1.29, 1.82) is 0 Å². The number of piperazine rings is 1. The number of benzene rings is 1. The highest BCUT2D eigenvalue weighted by atomic mass is 16.6. The summed E-state index contributed by atoms with van der Waals surface area (Å²) in [5.74, 6) is 0. The van der Waals surface area contributed by atoms with Crippen LogP contribution in [0.15, 0.2) is 24.3 Å². The van der Waals surface area contributed by atoms with Crippen molar-refractivity contribution in [3.63, 3.8) is 0 Å². The van der Waals surface area contributed by atoms with Crippen molar-refractivity contribution in [3.8, 4) is 0 Å². The molecule has 0 saturated carbocycles. The van der Waals surface area contributed by atoms with Gasteiger partial charge in [-0.1, -0.05) is 17.7 Å². The monoisotopic (exact) mass is 276 g/mol. The van der Waals surface area contributed by atoms with Crippen LogP contribution in [0.2, 0.25) is 0 Å².